The highest BCUT2D eigenvalue weighted by atomic mass is 15.3. The molecule has 0 aliphatic carbocycles. The maximum absolute atomic E-state index is 5.83. The number of hydrogen-bond acceptors (Lipinski definition) is 5. The van der Waals surface area contributed by atoms with Crippen LogP contribution < -0.4 is 10.6 Å². The summed E-state index contributed by atoms with van der Waals surface area (Å²) in [7, 11) is 0. The maximum Gasteiger partial charge on any atom is 0.246 e. The van der Waals surface area contributed by atoms with Crippen molar-refractivity contribution in [3.05, 3.63) is 54.1 Å². The Morgan fingerprint density at radius 1 is 1.00 bits per heavy atom. The Bertz CT molecular complexity index is 756. The summed E-state index contributed by atoms with van der Waals surface area (Å²) < 4.78 is 0. The van der Waals surface area contributed by atoms with Crippen LogP contribution in [-0.4, -0.2) is 21.7 Å². The molecule has 0 unspecified atom stereocenters. The molecule has 0 aliphatic rings. The molecule has 3 aromatic rings. The number of nitrogens with zero attached hydrogens (tertiary/aromatic N) is 4. The van der Waals surface area contributed by atoms with Gasteiger partial charge in [-0.25, -0.2) is 4.98 Å². The molecule has 0 fully saturated rings. The minimum Gasteiger partial charge on any atom is -0.399 e. The molecule has 5 nitrogen and oxygen atoms in total. The number of anilines is 2. The van der Waals surface area contributed by atoms with E-state index in [9.17, 15) is 0 Å². The van der Waals surface area contributed by atoms with E-state index < -0.39 is 0 Å². The van der Waals surface area contributed by atoms with Crippen molar-refractivity contribution in [3.63, 3.8) is 0 Å². The van der Waals surface area contributed by atoms with E-state index in [4.69, 9.17) is 5.73 Å². The summed E-state index contributed by atoms with van der Waals surface area (Å²) in [6.07, 6.45) is 0. The third kappa shape index (κ3) is 2.91. The van der Waals surface area contributed by atoms with Crippen molar-refractivity contribution in [3.8, 4) is 0 Å². The number of hydrogen-bond donors (Lipinski definition) is 1. The van der Waals surface area contributed by atoms with Gasteiger partial charge in [0.05, 0.1) is 5.52 Å². The molecule has 106 valence electrons. The van der Waals surface area contributed by atoms with E-state index in [2.05, 4.69) is 27.0 Å². The molecule has 0 saturated carbocycles. The Balaban J connectivity index is 1.90. The first-order valence-electron chi connectivity index (χ1n) is 6.95. The number of nitrogens with two attached hydrogens (primary N) is 1. The van der Waals surface area contributed by atoms with Crippen LogP contribution in [0.25, 0.3) is 11.0 Å². The fourth-order valence-corrected chi connectivity index (χ4v) is 2.24. The van der Waals surface area contributed by atoms with Crippen LogP contribution in [0.4, 0.5) is 11.6 Å². The lowest BCUT2D eigenvalue weighted by Gasteiger charge is -2.20. The first-order valence-corrected chi connectivity index (χ1v) is 6.95. The summed E-state index contributed by atoms with van der Waals surface area (Å²) in [5.74, 6) is 0.638. The fraction of sp³-hybridized carbons (Fsp3) is 0.188. The Hall–Kier alpha value is -2.69. The Labute approximate surface area is 123 Å². The van der Waals surface area contributed by atoms with Crippen molar-refractivity contribution in [1.82, 2.24) is 15.2 Å². The van der Waals surface area contributed by atoms with E-state index in [-0.39, 0.29) is 0 Å². The third-order valence-corrected chi connectivity index (χ3v) is 3.34. The molecule has 1 heterocycles. The summed E-state index contributed by atoms with van der Waals surface area (Å²) in [5, 5.41) is 8.46. The third-order valence-electron chi connectivity index (χ3n) is 3.34. The van der Waals surface area contributed by atoms with Gasteiger partial charge >= 0.3 is 0 Å². The number of rotatable bonds is 4. The molecule has 0 bridgehead atoms. The van der Waals surface area contributed by atoms with Gasteiger partial charge in [-0.3, -0.25) is 0 Å². The molecule has 21 heavy (non-hydrogen) atoms. The number of fused-ring (bicyclic) bond motifs is 1. The lowest BCUT2D eigenvalue weighted by Crippen LogP contribution is -2.24. The Morgan fingerprint density at radius 2 is 1.81 bits per heavy atom. The van der Waals surface area contributed by atoms with Crippen LogP contribution in [0.15, 0.2) is 48.5 Å². The van der Waals surface area contributed by atoms with Crippen molar-refractivity contribution in [2.45, 2.75) is 13.5 Å². The predicted molar refractivity (Wildman–Crippen MR) is 84.9 cm³/mol. The lowest BCUT2D eigenvalue weighted by atomic mass is 10.2. The van der Waals surface area contributed by atoms with Gasteiger partial charge in [-0.1, -0.05) is 24.3 Å². The summed E-state index contributed by atoms with van der Waals surface area (Å²) in [6, 6.07) is 15.6. The Morgan fingerprint density at radius 3 is 2.57 bits per heavy atom. The number of para-hydroxylation sites is 1. The van der Waals surface area contributed by atoms with Gasteiger partial charge in [0.2, 0.25) is 5.95 Å². The van der Waals surface area contributed by atoms with Crippen molar-refractivity contribution in [2.75, 3.05) is 17.2 Å². The zero-order valence-electron chi connectivity index (χ0n) is 11.9. The maximum atomic E-state index is 5.83. The molecule has 0 atom stereocenters. The van der Waals surface area contributed by atoms with E-state index in [1.165, 1.54) is 0 Å². The first-order chi connectivity index (χ1) is 10.3. The van der Waals surface area contributed by atoms with Crippen LogP contribution in [0.5, 0.6) is 0 Å². The lowest BCUT2D eigenvalue weighted by molar-refractivity contribution is 0.779. The standard InChI is InChI=1S/C16H17N5/c1-2-21(11-12-6-5-7-13(17)10-12)16-18-14-8-3-4-9-15(14)19-20-16/h3-10H,2,11,17H2,1H3. The topological polar surface area (TPSA) is 67.9 Å². The highest BCUT2D eigenvalue weighted by Gasteiger charge is 2.10. The van der Waals surface area contributed by atoms with Gasteiger partial charge < -0.3 is 10.6 Å². The van der Waals surface area contributed by atoms with Crippen molar-refractivity contribution < 1.29 is 0 Å². The largest absolute Gasteiger partial charge is 0.399 e. The molecule has 0 amide bonds. The van der Waals surface area contributed by atoms with Gasteiger partial charge in [0.1, 0.15) is 5.52 Å². The molecule has 2 N–H and O–H groups in total. The average Bonchev–Trinajstić information content (AvgIpc) is 2.52. The summed E-state index contributed by atoms with van der Waals surface area (Å²) >= 11 is 0. The minimum atomic E-state index is 0.638. The number of aromatic nitrogens is 3. The molecule has 0 saturated heterocycles. The summed E-state index contributed by atoms with van der Waals surface area (Å²) in [4.78, 5) is 6.66. The zero-order chi connectivity index (χ0) is 14.7. The molecule has 0 spiro atoms. The number of nitrogen functional groups attached to an aromatic ring is 1. The van der Waals surface area contributed by atoms with E-state index in [1.54, 1.807) is 0 Å². The Kier molecular flexibility index (Phi) is 3.64. The van der Waals surface area contributed by atoms with Crippen LogP contribution in [0.1, 0.15) is 12.5 Å². The second kappa shape index (κ2) is 5.75. The molecule has 5 heteroatoms. The minimum absolute atomic E-state index is 0.638. The highest BCUT2D eigenvalue weighted by Crippen LogP contribution is 2.16. The molecule has 1 aromatic heterocycles. The van der Waals surface area contributed by atoms with E-state index in [0.717, 1.165) is 28.8 Å². The zero-order valence-corrected chi connectivity index (χ0v) is 11.9. The van der Waals surface area contributed by atoms with Crippen LogP contribution in [0, 0.1) is 0 Å². The van der Waals surface area contributed by atoms with Gasteiger partial charge in [0.25, 0.3) is 0 Å². The molecule has 0 radical (unpaired) electrons. The molecule has 2 aromatic carbocycles. The smallest absolute Gasteiger partial charge is 0.246 e. The van der Waals surface area contributed by atoms with Crippen LogP contribution in [-0.2, 0) is 6.54 Å². The van der Waals surface area contributed by atoms with Crippen molar-refractivity contribution in [1.29, 1.82) is 0 Å². The highest BCUT2D eigenvalue weighted by molar-refractivity contribution is 5.74. The van der Waals surface area contributed by atoms with Crippen LogP contribution in [0.2, 0.25) is 0 Å². The molecule has 0 aliphatic heterocycles. The second-order valence-corrected chi connectivity index (χ2v) is 4.86. The summed E-state index contributed by atoms with van der Waals surface area (Å²) in [5.41, 5.74) is 9.39. The van der Waals surface area contributed by atoms with Gasteiger partial charge in [0.15, 0.2) is 0 Å². The monoisotopic (exact) mass is 279 g/mol. The van der Waals surface area contributed by atoms with Gasteiger partial charge in [-0.15, -0.1) is 10.2 Å². The fourth-order valence-electron chi connectivity index (χ4n) is 2.24. The normalized spacial score (nSPS) is 10.7. The van der Waals surface area contributed by atoms with E-state index >= 15 is 0 Å². The van der Waals surface area contributed by atoms with Gasteiger partial charge in [-0.2, -0.15) is 0 Å². The van der Waals surface area contributed by atoms with Gasteiger partial charge in [-0.05, 0) is 36.8 Å². The molecular weight excluding hydrogens is 262 g/mol. The van der Waals surface area contributed by atoms with Crippen molar-refractivity contribution >= 4 is 22.7 Å². The molecule has 3 rings (SSSR count). The number of benzene rings is 2. The first kappa shape index (κ1) is 13.3. The van der Waals surface area contributed by atoms with Crippen LogP contribution in [0.3, 0.4) is 0 Å². The van der Waals surface area contributed by atoms with E-state index in [1.807, 2.05) is 48.5 Å². The quantitative estimate of drug-likeness (QED) is 0.744. The molecular formula is C16H17N5. The second-order valence-electron chi connectivity index (χ2n) is 4.86. The van der Waals surface area contributed by atoms with Crippen molar-refractivity contribution in [2.24, 2.45) is 0 Å². The van der Waals surface area contributed by atoms with Crippen LogP contribution >= 0.6 is 0 Å². The average molecular weight is 279 g/mol. The predicted octanol–water partition coefficient (Wildman–Crippen LogP) is 2.63. The van der Waals surface area contributed by atoms with Gasteiger partial charge in [0, 0.05) is 18.8 Å². The van der Waals surface area contributed by atoms with E-state index in [0.29, 0.717) is 12.5 Å². The SMILES string of the molecule is CCN(Cc1cccc(N)c1)c1nnc2ccccc2n1. The summed E-state index contributed by atoms with van der Waals surface area (Å²) in [6.45, 7) is 3.58.